The Morgan fingerprint density at radius 2 is 1.74 bits per heavy atom. The molecule has 27 heavy (non-hydrogen) atoms. The molecule has 0 saturated carbocycles. The lowest BCUT2D eigenvalue weighted by Gasteiger charge is -2.03. The van der Waals surface area contributed by atoms with Crippen molar-refractivity contribution in [2.45, 2.75) is 0 Å². The molecule has 0 heterocycles. The first-order valence-corrected chi connectivity index (χ1v) is 7.52. The largest absolute Gasteiger partial charge is 0.504 e. The molecule has 0 saturated heterocycles. The van der Waals surface area contributed by atoms with Crippen molar-refractivity contribution >= 4 is 29.3 Å². The van der Waals surface area contributed by atoms with Crippen LogP contribution < -0.4 is 4.74 Å². The molecule has 0 aliphatic carbocycles. The molecule has 0 aromatic heterocycles. The van der Waals surface area contributed by atoms with Gasteiger partial charge in [-0.2, -0.15) is 0 Å². The van der Waals surface area contributed by atoms with Crippen LogP contribution in [0.5, 0.6) is 11.5 Å². The Hall–Kier alpha value is -4.01. The van der Waals surface area contributed by atoms with Gasteiger partial charge < -0.3 is 9.84 Å². The number of phenols is 1. The number of hydrogen-bond acceptors (Lipinski definition) is 7. The lowest BCUT2D eigenvalue weighted by molar-refractivity contribution is -0.394. The highest BCUT2D eigenvalue weighted by atomic mass is 16.6. The number of hydrogen-bond donors (Lipinski definition) is 1. The molecule has 0 aliphatic heterocycles. The van der Waals surface area contributed by atoms with Crippen LogP contribution in [0.15, 0.2) is 48.6 Å². The van der Waals surface area contributed by atoms with Crippen molar-refractivity contribution in [3.8, 4) is 11.5 Å². The van der Waals surface area contributed by atoms with Gasteiger partial charge in [-0.25, -0.2) is 0 Å². The Kier molecular flexibility index (Phi) is 6.00. The Morgan fingerprint density at radius 1 is 1.04 bits per heavy atom. The number of carbonyl (C=O) groups excluding carboxylic acids is 1. The zero-order chi connectivity index (χ0) is 20.0. The molecular weight excluding hydrogens is 356 g/mol. The molecule has 0 spiro atoms. The van der Waals surface area contributed by atoms with E-state index in [1.165, 1.54) is 43.5 Å². The van der Waals surface area contributed by atoms with Crippen LogP contribution in [-0.4, -0.2) is 27.8 Å². The van der Waals surface area contributed by atoms with Crippen LogP contribution in [0.2, 0.25) is 0 Å². The average molecular weight is 370 g/mol. The second kappa shape index (κ2) is 8.39. The first kappa shape index (κ1) is 19.3. The fourth-order valence-corrected chi connectivity index (χ4v) is 2.15. The number of nitrogens with zero attached hydrogens (tertiary/aromatic N) is 2. The summed E-state index contributed by atoms with van der Waals surface area (Å²) in [5.41, 5.74) is -0.210. The molecule has 0 fully saturated rings. The van der Waals surface area contributed by atoms with Crippen LogP contribution in [-0.2, 0) is 4.79 Å². The van der Waals surface area contributed by atoms with Crippen molar-refractivity contribution in [1.29, 1.82) is 0 Å². The molecule has 1 N–H and O–H groups in total. The van der Waals surface area contributed by atoms with Gasteiger partial charge in [0, 0.05) is 6.07 Å². The maximum atomic E-state index is 11.9. The lowest BCUT2D eigenvalue weighted by atomic mass is 10.1. The summed E-state index contributed by atoms with van der Waals surface area (Å²) in [7, 11) is 1.40. The first-order chi connectivity index (χ1) is 12.8. The van der Waals surface area contributed by atoms with Crippen LogP contribution in [0.1, 0.15) is 11.1 Å². The number of phenolic OH excluding ortho intramolecular Hbond substituents is 1. The minimum absolute atomic E-state index is 0.0358. The number of ether oxygens (including phenoxy) is 1. The third-order valence-electron chi connectivity index (χ3n) is 3.49. The van der Waals surface area contributed by atoms with Crippen molar-refractivity contribution in [2.75, 3.05) is 7.11 Å². The standard InChI is InChI=1S/C18H14N2O7/c1-27-18-10-12(3-9-17(18)22)2-7-15(21)8-5-13-4-6-14(19(23)24)11-16(13)20(25)26/h2-11,22H,1H3/b7-2+,8-5+. The van der Waals surface area contributed by atoms with Crippen LogP contribution >= 0.6 is 0 Å². The predicted molar refractivity (Wildman–Crippen MR) is 97.5 cm³/mol. The highest BCUT2D eigenvalue weighted by molar-refractivity contribution is 6.04. The minimum Gasteiger partial charge on any atom is -0.504 e. The zero-order valence-corrected chi connectivity index (χ0v) is 14.1. The molecule has 2 aromatic carbocycles. The van der Waals surface area contributed by atoms with E-state index < -0.39 is 27.0 Å². The van der Waals surface area contributed by atoms with Crippen LogP contribution in [0.25, 0.3) is 12.2 Å². The highest BCUT2D eigenvalue weighted by Crippen LogP contribution is 2.27. The number of ketones is 1. The summed E-state index contributed by atoms with van der Waals surface area (Å²) in [5.74, 6) is -0.234. The number of aromatic hydroxyl groups is 1. The molecule has 0 amide bonds. The van der Waals surface area contributed by atoms with Gasteiger partial charge in [-0.15, -0.1) is 0 Å². The van der Waals surface area contributed by atoms with Gasteiger partial charge in [-0.3, -0.25) is 25.0 Å². The fourth-order valence-electron chi connectivity index (χ4n) is 2.15. The number of benzene rings is 2. The van der Waals surface area contributed by atoms with E-state index in [9.17, 15) is 30.1 Å². The van der Waals surface area contributed by atoms with Gasteiger partial charge in [-0.05, 0) is 42.0 Å². The van der Waals surface area contributed by atoms with Gasteiger partial charge in [0.25, 0.3) is 11.4 Å². The van der Waals surface area contributed by atoms with E-state index in [0.717, 1.165) is 18.2 Å². The number of nitro benzene ring substituents is 2. The molecule has 9 nitrogen and oxygen atoms in total. The Balaban J connectivity index is 2.19. The monoisotopic (exact) mass is 370 g/mol. The van der Waals surface area contributed by atoms with Crippen LogP contribution in [0, 0.1) is 20.2 Å². The Bertz CT molecular complexity index is 964. The first-order valence-electron chi connectivity index (χ1n) is 7.52. The number of carbonyl (C=O) groups is 1. The summed E-state index contributed by atoms with van der Waals surface area (Å²) in [6, 6.07) is 7.68. The van der Waals surface area contributed by atoms with E-state index in [-0.39, 0.29) is 17.1 Å². The lowest BCUT2D eigenvalue weighted by Crippen LogP contribution is -1.95. The number of methoxy groups -OCH3 is 1. The van der Waals surface area contributed by atoms with Crippen molar-refractivity contribution in [3.05, 3.63) is 79.9 Å². The molecule has 138 valence electrons. The van der Waals surface area contributed by atoms with Gasteiger partial charge >= 0.3 is 0 Å². The molecule has 2 rings (SSSR count). The van der Waals surface area contributed by atoms with Crippen molar-refractivity contribution in [1.82, 2.24) is 0 Å². The number of rotatable bonds is 7. The van der Waals surface area contributed by atoms with Gasteiger partial charge in [0.2, 0.25) is 0 Å². The number of non-ortho nitro benzene ring substituents is 1. The Labute approximate surface area is 153 Å². The maximum absolute atomic E-state index is 11.9. The SMILES string of the molecule is COc1cc(/C=C/C(=O)/C=C/c2ccc([N+](=O)[O-])cc2[N+](=O)[O-])ccc1O. The third kappa shape index (κ3) is 4.98. The van der Waals surface area contributed by atoms with E-state index in [1.807, 2.05) is 0 Å². The van der Waals surface area contributed by atoms with Crippen molar-refractivity contribution in [2.24, 2.45) is 0 Å². The molecule has 0 bridgehead atoms. The molecule has 0 unspecified atom stereocenters. The smallest absolute Gasteiger partial charge is 0.283 e. The Morgan fingerprint density at radius 3 is 2.37 bits per heavy atom. The average Bonchev–Trinajstić information content (AvgIpc) is 2.65. The van der Waals surface area contributed by atoms with E-state index in [0.29, 0.717) is 5.56 Å². The molecular formula is C18H14N2O7. The van der Waals surface area contributed by atoms with Gasteiger partial charge in [0.15, 0.2) is 17.3 Å². The second-order valence-electron chi connectivity index (χ2n) is 5.26. The summed E-state index contributed by atoms with van der Waals surface area (Å²) in [6.45, 7) is 0. The summed E-state index contributed by atoms with van der Waals surface area (Å²) < 4.78 is 4.97. The predicted octanol–water partition coefficient (Wildman–Crippen LogP) is 3.51. The van der Waals surface area contributed by atoms with Gasteiger partial charge in [-0.1, -0.05) is 12.1 Å². The number of nitro groups is 2. The fraction of sp³-hybridized carbons (Fsp3) is 0.0556. The van der Waals surface area contributed by atoms with Crippen LogP contribution in [0.4, 0.5) is 11.4 Å². The maximum Gasteiger partial charge on any atom is 0.283 e. The van der Waals surface area contributed by atoms with E-state index in [4.69, 9.17) is 4.74 Å². The third-order valence-corrected chi connectivity index (χ3v) is 3.49. The van der Waals surface area contributed by atoms with E-state index in [2.05, 4.69) is 0 Å². The molecule has 2 aromatic rings. The number of allylic oxidation sites excluding steroid dienone is 2. The van der Waals surface area contributed by atoms with E-state index >= 15 is 0 Å². The minimum atomic E-state index is -0.754. The molecule has 9 heteroatoms. The summed E-state index contributed by atoms with van der Waals surface area (Å²) in [6.07, 6.45) is 5.05. The van der Waals surface area contributed by atoms with E-state index in [1.54, 1.807) is 6.07 Å². The normalized spacial score (nSPS) is 11.0. The molecule has 0 radical (unpaired) electrons. The molecule has 0 atom stereocenters. The zero-order valence-electron chi connectivity index (χ0n) is 14.1. The van der Waals surface area contributed by atoms with Crippen molar-refractivity contribution < 1.29 is 24.5 Å². The summed E-state index contributed by atoms with van der Waals surface area (Å²) in [4.78, 5) is 32.2. The summed E-state index contributed by atoms with van der Waals surface area (Å²) >= 11 is 0. The summed E-state index contributed by atoms with van der Waals surface area (Å²) in [5, 5.41) is 31.3. The topological polar surface area (TPSA) is 133 Å². The quantitative estimate of drug-likeness (QED) is 0.448. The van der Waals surface area contributed by atoms with Crippen molar-refractivity contribution in [3.63, 3.8) is 0 Å². The highest BCUT2D eigenvalue weighted by Gasteiger charge is 2.17. The van der Waals surface area contributed by atoms with Gasteiger partial charge in [0.05, 0.1) is 28.6 Å². The molecule has 0 aliphatic rings. The second-order valence-corrected chi connectivity index (χ2v) is 5.26. The van der Waals surface area contributed by atoms with Gasteiger partial charge in [0.1, 0.15) is 0 Å². The van der Waals surface area contributed by atoms with Crippen LogP contribution in [0.3, 0.4) is 0 Å².